The summed E-state index contributed by atoms with van der Waals surface area (Å²) < 4.78 is 26.2. The highest BCUT2D eigenvalue weighted by molar-refractivity contribution is 5.22. The van der Waals surface area contributed by atoms with Gasteiger partial charge in [-0.2, -0.15) is 0 Å². The Hall–Kier alpha value is -1.00. The van der Waals surface area contributed by atoms with Gasteiger partial charge >= 0.3 is 0 Å². The molecule has 0 spiro atoms. The van der Waals surface area contributed by atoms with Gasteiger partial charge in [-0.1, -0.05) is 0 Å². The summed E-state index contributed by atoms with van der Waals surface area (Å²) in [6.07, 6.45) is 1.87. The van der Waals surface area contributed by atoms with E-state index in [1.807, 2.05) is 0 Å². The normalized spacial score (nSPS) is 25.7. The third-order valence-corrected chi connectivity index (χ3v) is 3.07. The Morgan fingerprint density at radius 2 is 1.94 bits per heavy atom. The van der Waals surface area contributed by atoms with Crippen LogP contribution in [0.5, 0.6) is 0 Å². The first-order valence-corrected chi connectivity index (χ1v) is 5.51. The van der Waals surface area contributed by atoms with Crippen molar-refractivity contribution in [2.45, 2.75) is 18.9 Å². The Bertz CT molecular complexity index is 350. The van der Waals surface area contributed by atoms with E-state index < -0.39 is 11.6 Å². The van der Waals surface area contributed by atoms with E-state index in [1.165, 1.54) is 12.1 Å². The summed E-state index contributed by atoms with van der Waals surface area (Å²) >= 11 is 0. The molecule has 88 valence electrons. The topological polar surface area (TPSA) is 32.3 Å². The maximum Gasteiger partial charge on any atom is 0.126 e. The average Bonchev–Trinajstić information content (AvgIpc) is 2.27. The maximum atomic E-state index is 13.1. The van der Waals surface area contributed by atoms with Crippen molar-refractivity contribution in [3.05, 3.63) is 35.4 Å². The third kappa shape index (κ3) is 2.39. The fraction of sp³-hybridized carbons (Fsp3) is 0.500. The molecule has 4 heteroatoms. The molecule has 2 unspecified atom stereocenters. The molecule has 1 heterocycles. The molecule has 2 N–H and O–H groups in total. The van der Waals surface area contributed by atoms with Gasteiger partial charge in [0, 0.05) is 24.6 Å². The second kappa shape index (κ2) is 4.89. The van der Waals surface area contributed by atoms with Gasteiger partial charge in [-0.05, 0) is 37.1 Å². The van der Waals surface area contributed by atoms with E-state index >= 15 is 0 Å². The number of aliphatic hydroxyl groups is 1. The number of benzene rings is 1. The Morgan fingerprint density at radius 1 is 1.25 bits per heavy atom. The van der Waals surface area contributed by atoms with Crippen molar-refractivity contribution in [1.82, 2.24) is 5.32 Å². The summed E-state index contributed by atoms with van der Waals surface area (Å²) in [5.74, 6) is -1.10. The Morgan fingerprint density at radius 3 is 2.56 bits per heavy atom. The summed E-state index contributed by atoms with van der Waals surface area (Å²) in [5.41, 5.74) is 0.580. The second-order valence-electron chi connectivity index (χ2n) is 4.22. The standard InChI is InChI=1S/C12H15F2NO/c13-10-4-9(5-11(14)6-10)12-8(7-16)2-1-3-15-12/h4-6,8,12,15-16H,1-3,7H2. The highest BCUT2D eigenvalue weighted by Crippen LogP contribution is 2.29. The largest absolute Gasteiger partial charge is 0.396 e. The minimum absolute atomic E-state index is 0.0370. The van der Waals surface area contributed by atoms with Crippen LogP contribution in [0.3, 0.4) is 0 Å². The molecule has 1 aliphatic heterocycles. The number of rotatable bonds is 2. The zero-order chi connectivity index (χ0) is 11.5. The van der Waals surface area contributed by atoms with Crippen molar-refractivity contribution in [2.24, 2.45) is 5.92 Å². The van der Waals surface area contributed by atoms with Crippen molar-refractivity contribution in [3.8, 4) is 0 Å². The number of hydrogen-bond donors (Lipinski definition) is 2. The quantitative estimate of drug-likeness (QED) is 0.810. The van der Waals surface area contributed by atoms with E-state index in [-0.39, 0.29) is 18.6 Å². The summed E-state index contributed by atoms with van der Waals surface area (Å²) in [5, 5.41) is 12.4. The SMILES string of the molecule is OCC1CCCNC1c1cc(F)cc(F)c1. The number of halogens is 2. The number of aliphatic hydroxyl groups excluding tert-OH is 1. The molecule has 1 aromatic rings. The van der Waals surface area contributed by atoms with E-state index in [0.717, 1.165) is 25.5 Å². The van der Waals surface area contributed by atoms with Crippen LogP contribution in [0.1, 0.15) is 24.4 Å². The summed E-state index contributed by atoms with van der Waals surface area (Å²) in [4.78, 5) is 0. The molecular formula is C12H15F2NO. The Balaban J connectivity index is 2.26. The van der Waals surface area contributed by atoms with E-state index in [9.17, 15) is 13.9 Å². The van der Waals surface area contributed by atoms with Crippen LogP contribution < -0.4 is 5.32 Å². The molecule has 0 bridgehead atoms. The first-order chi connectivity index (χ1) is 7.70. The van der Waals surface area contributed by atoms with Gasteiger partial charge in [0.15, 0.2) is 0 Å². The zero-order valence-corrected chi connectivity index (χ0v) is 8.92. The van der Waals surface area contributed by atoms with Gasteiger partial charge in [0.05, 0.1) is 0 Å². The molecule has 2 nitrogen and oxygen atoms in total. The van der Waals surface area contributed by atoms with Gasteiger partial charge in [0.1, 0.15) is 11.6 Å². The smallest absolute Gasteiger partial charge is 0.126 e. The van der Waals surface area contributed by atoms with Gasteiger partial charge in [0.2, 0.25) is 0 Å². The van der Waals surface area contributed by atoms with Crippen LogP contribution in [-0.4, -0.2) is 18.3 Å². The Labute approximate surface area is 93.3 Å². The van der Waals surface area contributed by atoms with Crippen molar-refractivity contribution < 1.29 is 13.9 Å². The van der Waals surface area contributed by atoms with Crippen LogP contribution in [0.4, 0.5) is 8.78 Å². The highest BCUT2D eigenvalue weighted by atomic mass is 19.1. The molecule has 0 amide bonds. The van der Waals surface area contributed by atoms with E-state index in [0.29, 0.717) is 5.56 Å². The zero-order valence-electron chi connectivity index (χ0n) is 8.92. The van der Waals surface area contributed by atoms with Crippen LogP contribution >= 0.6 is 0 Å². The molecule has 1 fully saturated rings. The van der Waals surface area contributed by atoms with Crippen LogP contribution in [0.15, 0.2) is 18.2 Å². The molecule has 0 aromatic heterocycles. The Kier molecular flexibility index (Phi) is 3.51. The molecule has 0 aliphatic carbocycles. The second-order valence-corrected chi connectivity index (χ2v) is 4.22. The van der Waals surface area contributed by atoms with Crippen molar-refractivity contribution in [2.75, 3.05) is 13.2 Å². The summed E-state index contributed by atoms with van der Waals surface area (Å²) in [6, 6.07) is 3.37. The lowest BCUT2D eigenvalue weighted by Crippen LogP contribution is -2.36. The van der Waals surface area contributed by atoms with Gasteiger partial charge in [-0.25, -0.2) is 8.78 Å². The molecule has 1 saturated heterocycles. The van der Waals surface area contributed by atoms with Crippen LogP contribution in [0, 0.1) is 17.6 Å². The molecule has 1 aromatic carbocycles. The monoisotopic (exact) mass is 227 g/mol. The highest BCUT2D eigenvalue weighted by Gasteiger charge is 2.26. The fourth-order valence-corrected chi connectivity index (χ4v) is 2.30. The van der Waals surface area contributed by atoms with Crippen LogP contribution in [0.25, 0.3) is 0 Å². The lowest BCUT2D eigenvalue weighted by molar-refractivity contribution is 0.160. The number of hydrogen-bond acceptors (Lipinski definition) is 2. The summed E-state index contributed by atoms with van der Waals surface area (Å²) in [7, 11) is 0. The van der Waals surface area contributed by atoms with Gasteiger partial charge in [-0.3, -0.25) is 0 Å². The number of nitrogens with one attached hydrogen (secondary N) is 1. The minimum Gasteiger partial charge on any atom is -0.396 e. The molecule has 0 radical (unpaired) electrons. The lowest BCUT2D eigenvalue weighted by atomic mass is 9.87. The first kappa shape index (κ1) is 11.5. The third-order valence-electron chi connectivity index (χ3n) is 3.07. The predicted molar refractivity (Wildman–Crippen MR) is 56.9 cm³/mol. The molecular weight excluding hydrogens is 212 g/mol. The van der Waals surface area contributed by atoms with E-state index in [4.69, 9.17) is 0 Å². The van der Waals surface area contributed by atoms with Crippen molar-refractivity contribution >= 4 is 0 Å². The van der Waals surface area contributed by atoms with Crippen molar-refractivity contribution in [3.63, 3.8) is 0 Å². The average molecular weight is 227 g/mol. The number of piperidine rings is 1. The fourth-order valence-electron chi connectivity index (χ4n) is 2.30. The van der Waals surface area contributed by atoms with E-state index in [2.05, 4.69) is 5.32 Å². The van der Waals surface area contributed by atoms with Crippen LogP contribution in [0.2, 0.25) is 0 Å². The molecule has 0 saturated carbocycles. The van der Waals surface area contributed by atoms with Crippen molar-refractivity contribution in [1.29, 1.82) is 0 Å². The molecule has 16 heavy (non-hydrogen) atoms. The maximum absolute atomic E-state index is 13.1. The van der Waals surface area contributed by atoms with Gasteiger partial charge in [0.25, 0.3) is 0 Å². The van der Waals surface area contributed by atoms with Gasteiger partial charge < -0.3 is 10.4 Å². The predicted octanol–water partition coefficient (Wildman–Crippen LogP) is 2.00. The first-order valence-electron chi connectivity index (χ1n) is 5.51. The van der Waals surface area contributed by atoms with Crippen LogP contribution in [-0.2, 0) is 0 Å². The molecule has 2 rings (SSSR count). The molecule has 2 atom stereocenters. The minimum atomic E-state index is -0.570. The summed E-state index contributed by atoms with van der Waals surface area (Å²) in [6.45, 7) is 0.856. The van der Waals surface area contributed by atoms with E-state index in [1.54, 1.807) is 0 Å². The lowest BCUT2D eigenvalue weighted by Gasteiger charge is -2.31. The van der Waals surface area contributed by atoms with Gasteiger partial charge in [-0.15, -0.1) is 0 Å². The molecule has 1 aliphatic rings.